The lowest BCUT2D eigenvalue weighted by atomic mass is 10.1. The average Bonchev–Trinajstić information content (AvgIpc) is 3.25. The zero-order valence-corrected chi connectivity index (χ0v) is 20.6. The fraction of sp³-hybridized carbons (Fsp3) is 0.500. The summed E-state index contributed by atoms with van der Waals surface area (Å²) in [6.07, 6.45) is 1.18. The van der Waals surface area contributed by atoms with Crippen molar-refractivity contribution in [3.05, 3.63) is 46.1 Å². The number of aryl methyl sites for hydroxylation is 2. The molecular formula is C20H29BrIN5O. The first-order valence-corrected chi connectivity index (χ1v) is 10.3. The van der Waals surface area contributed by atoms with Crippen LogP contribution in [0.5, 0.6) is 0 Å². The van der Waals surface area contributed by atoms with E-state index in [1.807, 2.05) is 13.8 Å². The second-order valence-corrected chi connectivity index (χ2v) is 7.82. The summed E-state index contributed by atoms with van der Waals surface area (Å²) in [5.41, 5.74) is 2.22. The van der Waals surface area contributed by atoms with Gasteiger partial charge in [0.05, 0.1) is 5.69 Å². The second-order valence-electron chi connectivity index (χ2n) is 6.90. The van der Waals surface area contributed by atoms with E-state index in [0.29, 0.717) is 18.4 Å². The maximum atomic E-state index is 5.61. The highest BCUT2D eigenvalue weighted by Gasteiger charge is 2.22. The van der Waals surface area contributed by atoms with Crippen LogP contribution in [0.15, 0.2) is 38.1 Å². The van der Waals surface area contributed by atoms with Gasteiger partial charge in [-0.2, -0.15) is 0 Å². The fourth-order valence-corrected chi connectivity index (χ4v) is 3.49. The lowest BCUT2D eigenvalue weighted by Gasteiger charge is -2.19. The number of hydrogen-bond acceptors (Lipinski definition) is 4. The van der Waals surface area contributed by atoms with E-state index in [1.54, 1.807) is 0 Å². The minimum Gasteiger partial charge on any atom is -0.444 e. The van der Waals surface area contributed by atoms with Crippen LogP contribution in [0.2, 0.25) is 0 Å². The number of aromatic nitrogens is 1. The van der Waals surface area contributed by atoms with Crippen molar-refractivity contribution in [2.75, 3.05) is 31.1 Å². The van der Waals surface area contributed by atoms with Gasteiger partial charge >= 0.3 is 0 Å². The molecule has 1 fully saturated rings. The van der Waals surface area contributed by atoms with Gasteiger partial charge in [-0.25, -0.2) is 9.98 Å². The smallest absolute Gasteiger partial charge is 0.216 e. The average molecular weight is 562 g/mol. The van der Waals surface area contributed by atoms with Gasteiger partial charge in [0.25, 0.3) is 0 Å². The van der Waals surface area contributed by atoms with Crippen LogP contribution in [0.25, 0.3) is 0 Å². The molecule has 0 spiro atoms. The van der Waals surface area contributed by atoms with Crippen LogP contribution in [0.3, 0.4) is 0 Å². The summed E-state index contributed by atoms with van der Waals surface area (Å²) in [5.74, 6) is 2.93. The Kier molecular flexibility index (Phi) is 9.07. The van der Waals surface area contributed by atoms with E-state index in [-0.39, 0.29) is 24.0 Å². The van der Waals surface area contributed by atoms with E-state index in [9.17, 15) is 0 Å². The highest BCUT2D eigenvalue weighted by Crippen LogP contribution is 2.24. The molecule has 0 bridgehead atoms. The van der Waals surface area contributed by atoms with Crippen molar-refractivity contribution in [3.63, 3.8) is 0 Å². The molecule has 1 atom stereocenters. The van der Waals surface area contributed by atoms with Crippen LogP contribution in [0, 0.1) is 19.8 Å². The van der Waals surface area contributed by atoms with Crippen molar-refractivity contribution in [1.82, 2.24) is 15.6 Å². The van der Waals surface area contributed by atoms with Gasteiger partial charge in [0.2, 0.25) is 5.89 Å². The molecule has 1 aliphatic heterocycles. The first-order chi connectivity index (χ1) is 13.0. The molecule has 28 heavy (non-hydrogen) atoms. The Morgan fingerprint density at radius 1 is 1.29 bits per heavy atom. The molecule has 1 aromatic heterocycles. The fourth-order valence-electron chi connectivity index (χ4n) is 3.22. The van der Waals surface area contributed by atoms with Crippen molar-refractivity contribution in [2.45, 2.75) is 33.7 Å². The van der Waals surface area contributed by atoms with E-state index in [4.69, 9.17) is 4.42 Å². The number of nitrogens with zero attached hydrogens (tertiary/aromatic N) is 3. The molecule has 0 saturated carbocycles. The Morgan fingerprint density at radius 3 is 2.68 bits per heavy atom. The number of hydrogen-bond donors (Lipinski definition) is 2. The molecule has 0 aliphatic carbocycles. The second kappa shape index (κ2) is 11.0. The Balaban J connectivity index is 0.00000280. The van der Waals surface area contributed by atoms with E-state index < -0.39 is 0 Å². The number of rotatable bonds is 6. The highest BCUT2D eigenvalue weighted by atomic mass is 127. The minimum atomic E-state index is 0. The van der Waals surface area contributed by atoms with E-state index >= 15 is 0 Å². The van der Waals surface area contributed by atoms with Gasteiger partial charge in [0.15, 0.2) is 5.96 Å². The third-order valence-corrected chi connectivity index (χ3v) is 5.35. The Hall–Kier alpha value is -1.29. The minimum absolute atomic E-state index is 0. The van der Waals surface area contributed by atoms with Gasteiger partial charge in [-0.05, 0) is 57.4 Å². The van der Waals surface area contributed by atoms with Crippen molar-refractivity contribution >= 4 is 51.6 Å². The molecule has 2 N–H and O–H groups in total. The summed E-state index contributed by atoms with van der Waals surface area (Å²) in [6, 6.07) is 8.55. The molecule has 0 radical (unpaired) electrons. The number of benzene rings is 1. The summed E-state index contributed by atoms with van der Waals surface area (Å²) < 4.78 is 6.73. The topological polar surface area (TPSA) is 65.7 Å². The van der Waals surface area contributed by atoms with Crippen molar-refractivity contribution in [2.24, 2.45) is 10.9 Å². The van der Waals surface area contributed by atoms with Gasteiger partial charge < -0.3 is 20.0 Å². The summed E-state index contributed by atoms with van der Waals surface area (Å²) >= 11 is 3.50. The molecule has 1 aromatic carbocycles. The molecule has 0 amide bonds. The Morgan fingerprint density at radius 2 is 2.04 bits per heavy atom. The molecule has 6 nitrogen and oxygen atoms in total. The first kappa shape index (κ1) is 23.0. The molecule has 2 heterocycles. The zero-order valence-electron chi connectivity index (χ0n) is 16.7. The van der Waals surface area contributed by atoms with Gasteiger partial charge in [0.1, 0.15) is 12.3 Å². The summed E-state index contributed by atoms with van der Waals surface area (Å²) in [5, 5.41) is 6.77. The molecule has 2 aromatic rings. The lowest BCUT2D eigenvalue weighted by molar-refractivity contribution is 0.472. The van der Waals surface area contributed by atoms with Crippen molar-refractivity contribution < 1.29 is 4.42 Å². The Bertz CT molecular complexity index is 758. The lowest BCUT2D eigenvalue weighted by Crippen LogP contribution is -2.40. The normalized spacial score (nSPS) is 16.8. The van der Waals surface area contributed by atoms with Crippen LogP contribution in [-0.4, -0.2) is 37.1 Å². The maximum Gasteiger partial charge on any atom is 0.216 e. The zero-order chi connectivity index (χ0) is 19.2. The predicted octanol–water partition coefficient (Wildman–Crippen LogP) is 4.25. The highest BCUT2D eigenvalue weighted by molar-refractivity contribution is 14.0. The largest absolute Gasteiger partial charge is 0.444 e. The summed E-state index contributed by atoms with van der Waals surface area (Å²) in [7, 11) is 0. The van der Waals surface area contributed by atoms with Crippen LogP contribution in [0.4, 0.5) is 5.69 Å². The van der Waals surface area contributed by atoms with Crippen LogP contribution < -0.4 is 15.5 Å². The van der Waals surface area contributed by atoms with E-state index in [1.165, 1.54) is 12.1 Å². The quantitative estimate of drug-likeness (QED) is 0.313. The molecule has 1 saturated heterocycles. The molecule has 3 rings (SSSR count). The molecule has 154 valence electrons. The van der Waals surface area contributed by atoms with Crippen molar-refractivity contribution in [1.29, 1.82) is 0 Å². The number of aliphatic imine (C=N–C) groups is 1. The first-order valence-electron chi connectivity index (χ1n) is 9.50. The molecule has 8 heteroatoms. The monoisotopic (exact) mass is 561 g/mol. The molecule has 1 unspecified atom stereocenters. The van der Waals surface area contributed by atoms with Crippen LogP contribution >= 0.6 is 39.9 Å². The number of nitrogens with one attached hydrogen (secondary N) is 2. The Labute approximate surface area is 192 Å². The van der Waals surface area contributed by atoms with Crippen molar-refractivity contribution in [3.8, 4) is 0 Å². The number of halogens is 2. The van der Waals surface area contributed by atoms with Gasteiger partial charge in [0, 0.05) is 36.3 Å². The van der Waals surface area contributed by atoms with Crippen LogP contribution in [0.1, 0.15) is 30.7 Å². The molecular weight excluding hydrogens is 533 g/mol. The number of oxazole rings is 1. The number of guanidine groups is 1. The van der Waals surface area contributed by atoms with Crippen LogP contribution in [-0.2, 0) is 6.54 Å². The summed E-state index contributed by atoms with van der Waals surface area (Å²) in [4.78, 5) is 11.4. The van der Waals surface area contributed by atoms with Gasteiger partial charge in [-0.1, -0.05) is 15.9 Å². The third kappa shape index (κ3) is 6.37. The van der Waals surface area contributed by atoms with Gasteiger partial charge in [-0.3, -0.25) is 0 Å². The number of anilines is 1. The van der Waals surface area contributed by atoms with E-state index in [0.717, 1.165) is 48.1 Å². The van der Waals surface area contributed by atoms with Gasteiger partial charge in [-0.15, -0.1) is 24.0 Å². The standard InChI is InChI=1S/C20H28BrN5O.HI/c1-4-22-20(24-12-19-25-14(2)15(3)27-19)23-11-16-9-10-26(13-16)18-7-5-17(21)6-8-18;/h5-8,16H,4,9-13H2,1-3H3,(H2,22,23,24);1H. The molecule has 1 aliphatic rings. The predicted molar refractivity (Wildman–Crippen MR) is 129 cm³/mol. The maximum absolute atomic E-state index is 5.61. The SMILES string of the molecule is CCNC(=NCc1nc(C)c(C)o1)NCC1CCN(c2ccc(Br)cc2)C1.I. The third-order valence-electron chi connectivity index (χ3n) is 4.83. The summed E-state index contributed by atoms with van der Waals surface area (Å²) in [6.45, 7) is 10.3. The van der Waals surface area contributed by atoms with E-state index in [2.05, 4.69) is 72.6 Å².